The van der Waals surface area contributed by atoms with E-state index in [-0.39, 0.29) is 24.7 Å². The average Bonchev–Trinajstić information content (AvgIpc) is 2.58. The number of hydrogen-bond acceptors (Lipinski definition) is 5. The first kappa shape index (κ1) is 18.9. The Bertz CT molecular complexity index is 761. The zero-order chi connectivity index (χ0) is 19.4. The molecule has 10 nitrogen and oxygen atoms in total. The highest BCUT2D eigenvalue weighted by Gasteiger charge is 2.39. The molecule has 1 heterocycles. The Morgan fingerprint density at radius 1 is 1.31 bits per heavy atom. The number of amides is 4. The molecule has 0 bridgehead atoms. The fourth-order valence-corrected chi connectivity index (χ4v) is 2.54. The van der Waals surface area contributed by atoms with E-state index in [1.165, 1.54) is 11.8 Å². The molecule has 1 atom stereocenters. The number of imide groups is 1. The normalized spacial score (nSPS) is 17.2. The monoisotopic (exact) mass is 361 g/mol. The molecule has 1 aliphatic heterocycles. The van der Waals surface area contributed by atoms with E-state index in [4.69, 9.17) is 16.2 Å². The lowest BCUT2D eigenvalue weighted by Crippen LogP contribution is -2.60. The number of rotatable bonds is 5. The Labute approximate surface area is 149 Å². The lowest BCUT2D eigenvalue weighted by molar-refractivity contribution is -0.153. The van der Waals surface area contributed by atoms with E-state index in [0.717, 1.165) is 0 Å². The standard InChI is InChI=1S/C16H19N5O5/c1-9-15(24)21(16(25)26)8-13(23)20(9)7-6-12(22)19-11-4-2-10(3-5-11)14(17)18/h2-5,9H,6-8H2,1H3,(H3,17,18)(H,19,22)(H,25,26). The van der Waals surface area contributed by atoms with Gasteiger partial charge in [-0.3, -0.25) is 19.8 Å². The van der Waals surface area contributed by atoms with Crippen LogP contribution in [0.15, 0.2) is 24.3 Å². The number of nitrogens with two attached hydrogens (primary N) is 1. The van der Waals surface area contributed by atoms with Crippen molar-refractivity contribution in [2.45, 2.75) is 19.4 Å². The van der Waals surface area contributed by atoms with Crippen molar-refractivity contribution in [3.05, 3.63) is 29.8 Å². The summed E-state index contributed by atoms with van der Waals surface area (Å²) in [6.07, 6.45) is -1.52. The average molecular weight is 361 g/mol. The topological polar surface area (TPSA) is 157 Å². The van der Waals surface area contributed by atoms with Crippen molar-refractivity contribution in [2.75, 3.05) is 18.4 Å². The maximum absolute atomic E-state index is 12.0. The largest absolute Gasteiger partial charge is 0.465 e. The van der Waals surface area contributed by atoms with Crippen LogP contribution in [0.2, 0.25) is 0 Å². The van der Waals surface area contributed by atoms with Gasteiger partial charge in [0.25, 0.3) is 5.91 Å². The molecule has 0 radical (unpaired) electrons. The summed E-state index contributed by atoms with van der Waals surface area (Å²) in [5.74, 6) is -1.68. The summed E-state index contributed by atoms with van der Waals surface area (Å²) in [7, 11) is 0. The molecule has 5 N–H and O–H groups in total. The molecule has 1 unspecified atom stereocenters. The number of benzene rings is 1. The van der Waals surface area contributed by atoms with Crippen LogP contribution in [0.25, 0.3) is 0 Å². The number of nitrogens with one attached hydrogen (secondary N) is 2. The van der Waals surface area contributed by atoms with E-state index in [0.29, 0.717) is 16.2 Å². The van der Waals surface area contributed by atoms with Gasteiger partial charge in [-0.05, 0) is 31.2 Å². The molecular weight excluding hydrogens is 342 g/mol. The summed E-state index contributed by atoms with van der Waals surface area (Å²) in [6.45, 7) is 0.872. The summed E-state index contributed by atoms with van der Waals surface area (Å²) < 4.78 is 0. The minimum absolute atomic E-state index is 0.00341. The first-order valence-electron chi connectivity index (χ1n) is 7.78. The molecule has 10 heteroatoms. The third-order valence-electron chi connectivity index (χ3n) is 3.99. The molecule has 1 aromatic rings. The summed E-state index contributed by atoms with van der Waals surface area (Å²) >= 11 is 0. The van der Waals surface area contributed by atoms with Gasteiger partial charge in [0.1, 0.15) is 18.4 Å². The van der Waals surface area contributed by atoms with Crippen molar-refractivity contribution in [2.24, 2.45) is 5.73 Å². The van der Waals surface area contributed by atoms with Gasteiger partial charge < -0.3 is 21.1 Å². The van der Waals surface area contributed by atoms with Crippen LogP contribution in [0.5, 0.6) is 0 Å². The van der Waals surface area contributed by atoms with Gasteiger partial charge in [-0.2, -0.15) is 0 Å². The molecule has 1 aromatic carbocycles. The zero-order valence-electron chi connectivity index (χ0n) is 14.1. The van der Waals surface area contributed by atoms with Gasteiger partial charge in [-0.15, -0.1) is 0 Å². The third kappa shape index (κ3) is 4.15. The Morgan fingerprint density at radius 3 is 2.46 bits per heavy atom. The van der Waals surface area contributed by atoms with Gasteiger partial charge in [-0.1, -0.05) is 0 Å². The van der Waals surface area contributed by atoms with Crippen molar-refractivity contribution in [3.63, 3.8) is 0 Å². The molecule has 1 aliphatic rings. The van der Waals surface area contributed by atoms with Crippen molar-refractivity contribution in [3.8, 4) is 0 Å². The highest BCUT2D eigenvalue weighted by atomic mass is 16.4. The number of piperazine rings is 1. The molecule has 1 saturated heterocycles. The fourth-order valence-electron chi connectivity index (χ4n) is 2.54. The Morgan fingerprint density at radius 2 is 1.92 bits per heavy atom. The number of nitrogens with zero attached hydrogens (tertiary/aromatic N) is 2. The van der Waals surface area contributed by atoms with Crippen LogP contribution in [0, 0.1) is 5.41 Å². The SMILES string of the molecule is CC1C(=O)N(C(=O)O)CC(=O)N1CCC(=O)Nc1ccc(C(=N)N)cc1. The minimum Gasteiger partial charge on any atom is -0.465 e. The quantitative estimate of drug-likeness (QED) is 0.428. The first-order valence-corrected chi connectivity index (χ1v) is 7.78. The van der Waals surface area contributed by atoms with E-state index in [1.54, 1.807) is 24.3 Å². The number of carbonyl (C=O) groups is 4. The van der Waals surface area contributed by atoms with Crippen LogP contribution in [0.1, 0.15) is 18.9 Å². The second-order valence-electron chi connectivity index (χ2n) is 5.76. The molecule has 26 heavy (non-hydrogen) atoms. The number of anilines is 1. The fraction of sp³-hybridized carbons (Fsp3) is 0.312. The van der Waals surface area contributed by atoms with Crippen molar-refractivity contribution >= 4 is 35.3 Å². The van der Waals surface area contributed by atoms with Crippen LogP contribution >= 0.6 is 0 Å². The van der Waals surface area contributed by atoms with E-state index >= 15 is 0 Å². The van der Waals surface area contributed by atoms with Gasteiger partial charge in [-0.25, -0.2) is 9.69 Å². The van der Waals surface area contributed by atoms with Crippen LogP contribution in [-0.2, 0) is 14.4 Å². The molecular formula is C16H19N5O5. The van der Waals surface area contributed by atoms with Gasteiger partial charge in [0.05, 0.1) is 0 Å². The number of carboxylic acid groups (broad SMARTS) is 1. The first-order chi connectivity index (χ1) is 12.2. The molecule has 0 saturated carbocycles. The summed E-state index contributed by atoms with van der Waals surface area (Å²) in [4.78, 5) is 48.7. The highest BCUT2D eigenvalue weighted by Crippen LogP contribution is 2.14. The molecule has 0 aromatic heterocycles. The number of hydrogen-bond donors (Lipinski definition) is 4. The Balaban J connectivity index is 1.92. The second kappa shape index (κ2) is 7.64. The lowest BCUT2D eigenvalue weighted by atomic mass is 10.1. The maximum Gasteiger partial charge on any atom is 0.414 e. The van der Waals surface area contributed by atoms with Gasteiger partial charge in [0, 0.05) is 24.2 Å². The van der Waals surface area contributed by atoms with E-state index in [9.17, 15) is 19.2 Å². The van der Waals surface area contributed by atoms with Gasteiger partial charge in [0.15, 0.2) is 0 Å². The van der Waals surface area contributed by atoms with E-state index in [1.807, 2.05) is 0 Å². The minimum atomic E-state index is -1.47. The Kier molecular flexibility index (Phi) is 5.55. The maximum atomic E-state index is 12.0. The van der Waals surface area contributed by atoms with Gasteiger partial charge >= 0.3 is 6.09 Å². The highest BCUT2D eigenvalue weighted by molar-refractivity contribution is 6.03. The molecule has 0 aliphatic carbocycles. The molecule has 138 valence electrons. The van der Waals surface area contributed by atoms with Gasteiger partial charge in [0.2, 0.25) is 11.8 Å². The predicted octanol–water partition coefficient (Wildman–Crippen LogP) is 0.0366. The van der Waals surface area contributed by atoms with Crippen molar-refractivity contribution in [1.82, 2.24) is 9.80 Å². The Hall–Kier alpha value is -3.43. The smallest absolute Gasteiger partial charge is 0.414 e. The predicted molar refractivity (Wildman–Crippen MR) is 91.6 cm³/mol. The zero-order valence-corrected chi connectivity index (χ0v) is 14.1. The van der Waals surface area contributed by atoms with Crippen molar-refractivity contribution in [1.29, 1.82) is 5.41 Å². The van der Waals surface area contributed by atoms with E-state index < -0.39 is 30.5 Å². The summed E-state index contributed by atoms with van der Waals surface area (Å²) in [6, 6.07) is 5.42. The van der Waals surface area contributed by atoms with Crippen LogP contribution in [0.3, 0.4) is 0 Å². The van der Waals surface area contributed by atoms with E-state index in [2.05, 4.69) is 5.32 Å². The summed E-state index contributed by atoms with van der Waals surface area (Å²) in [5.41, 5.74) is 6.38. The van der Waals surface area contributed by atoms with Crippen molar-refractivity contribution < 1.29 is 24.3 Å². The molecule has 4 amide bonds. The third-order valence-corrected chi connectivity index (χ3v) is 3.99. The molecule has 0 spiro atoms. The molecule has 1 fully saturated rings. The van der Waals surface area contributed by atoms with Crippen LogP contribution in [-0.4, -0.2) is 63.7 Å². The van der Waals surface area contributed by atoms with Crippen LogP contribution < -0.4 is 11.1 Å². The number of amidine groups is 1. The number of nitrogen functional groups attached to an aromatic ring is 1. The second-order valence-corrected chi connectivity index (χ2v) is 5.76. The lowest BCUT2D eigenvalue weighted by Gasteiger charge is -2.36. The van der Waals surface area contributed by atoms with Crippen LogP contribution in [0.4, 0.5) is 10.5 Å². The molecule has 2 rings (SSSR count). The number of carbonyl (C=O) groups excluding carboxylic acids is 3. The summed E-state index contributed by atoms with van der Waals surface area (Å²) in [5, 5.41) is 18.9.